The SMILES string of the molecule is CCCNC(CCN(C)C1CCC1)c1ccc(F)cc1. The zero-order valence-electron chi connectivity index (χ0n) is 12.7. The molecule has 1 N–H and O–H groups in total. The van der Waals surface area contributed by atoms with Gasteiger partial charge in [0.1, 0.15) is 5.82 Å². The Labute approximate surface area is 122 Å². The minimum absolute atomic E-state index is 0.158. The molecule has 0 radical (unpaired) electrons. The van der Waals surface area contributed by atoms with E-state index >= 15 is 0 Å². The first-order valence-corrected chi connectivity index (χ1v) is 7.89. The molecule has 0 amide bonds. The van der Waals surface area contributed by atoms with E-state index in [1.807, 2.05) is 12.1 Å². The molecule has 0 saturated heterocycles. The van der Waals surface area contributed by atoms with Crippen LogP contribution >= 0.6 is 0 Å². The van der Waals surface area contributed by atoms with E-state index in [0.29, 0.717) is 6.04 Å². The fraction of sp³-hybridized carbons (Fsp3) is 0.647. The number of hydrogen-bond donors (Lipinski definition) is 1. The van der Waals surface area contributed by atoms with E-state index in [0.717, 1.165) is 32.0 Å². The molecule has 0 bridgehead atoms. The van der Waals surface area contributed by atoms with Crippen molar-refractivity contribution >= 4 is 0 Å². The molecule has 20 heavy (non-hydrogen) atoms. The quantitative estimate of drug-likeness (QED) is 0.779. The molecular weight excluding hydrogens is 251 g/mol. The maximum atomic E-state index is 13.0. The Morgan fingerprint density at radius 2 is 2.00 bits per heavy atom. The van der Waals surface area contributed by atoms with Gasteiger partial charge in [0.05, 0.1) is 0 Å². The van der Waals surface area contributed by atoms with Crippen LogP contribution in [0.1, 0.15) is 50.6 Å². The second-order valence-electron chi connectivity index (χ2n) is 5.91. The van der Waals surface area contributed by atoms with E-state index in [1.54, 1.807) is 12.1 Å². The second-order valence-corrected chi connectivity index (χ2v) is 5.91. The summed E-state index contributed by atoms with van der Waals surface area (Å²) in [4.78, 5) is 2.48. The molecule has 1 aliphatic rings. The van der Waals surface area contributed by atoms with E-state index in [-0.39, 0.29) is 5.82 Å². The number of nitrogens with one attached hydrogen (secondary N) is 1. The van der Waals surface area contributed by atoms with Crippen molar-refractivity contribution in [1.82, 2.24) is 10.2 Å². The molecule has 1 aromatic rings. The minimum Gasteiger partial charge on any atom is -0.310 e. The van der Waals surface area contributed by atoms with Crippen LogP contribution in [-0.4, -0.2) is 31.1 Å². The largest absolute Gasteiger partial charge is 0.310 e. The van der Waals surface area contributed by atoms with Crippen molar-refractivity contribution in [3.8, 4) is 0 Å². The summed E-state index contributed by atoms with van der Waals surface area (Å²) in [5, 5.41) is 3.59. The van der Waals surface area contributed by atoms with Gasteiger partial charge in [0.2, 0.25) is 0 Å². The van der Waals surface area contributed by atoms with Gasteiger partial charge in [-0.05, 0) is 63.5 Å². The smallest absolute Gasteiger partial charge is 0.123 e. The van der Waals surface area contributed by atoms with Crippen LogP contribution in [0.5, 0.6) is 0 Å². The molecule has 1 saturated carbocycles. The lowest BCUT2D eigenvalue weighted by atomic mass is 9.91. The number of benzene rings is 1. The van der Waals surface area contributed by atoms with Crippen LogP contribution in [0.2, 0.25) is 0 Å². The molecule has 0 heterocycles. The van der Waals surface area contributed by atoms with E-state index in [1.165, 1.54) is 24.8 Å². The molecule has 2 nitrogen and oxygen atoms in total. The fourth-order valence-corrected chi connectivity index (χ4v) is 2.74. The lowest BCUT2D eigenvalue weighted by Gasteiger charge is -2.35. The molecule has 1 fully saturated rings. The van der Waals surface area contributed by atoms with E-state index < -0.39 is 0 Å². The third-order valence-corrected chi connectivity index (χ3v) is 4.38. The van der Waals surface area contributed by atoms with Gasteiger partial charge in [0, 0.05) is 12.1 Å². The number of rotatable bonds is 8. The molecule has 0 aromatic heterocycles. The molecule has 1 atom stereocenters. The Balaban J connectivity index is 1.90. The molecule has 3 heteroatoms. The summed E-state index contributed by atoms with van der Waals surface area (Å²) in [7, 11) is 2.23. The minimum atomic E-state index is -0.158. The Kier molecular flexibility index (Phi) is 5.99. The van der Waals surface area contributed by atoms with Crippen LogP contribution in [0.25, 0.3) is 0 Å². The van der Waals surface area contributed by atoms with Crippen LogP contribution in [0.15, 0.2) is 24.3 Å². The number of nitrogens with zero attached hydrogens (tertiary/aromatic N) is 1. The van der Waals surface area contributed by atoms with E-state index in [4.69, 9.17) is 0 Å². The highest BCUT2D eigenvalue weighted by atomic mass is 19.1. The highest BCUT2D eigenvalue weighted by Gasteiger charge is 2.22. The van der Waals surface area contributed by atoms with Gasteiger partial charge in [-0.3, -0.25) is 0 Å². The van der Waals surface area contributed by atoms with E-state index in [2.05, 4.69) is 24.2 Å². The standard InChI is InChI=1S/C17H27FN2/c1-3-12-19-17(14-7-9-15(18)10-8-14)11-13-20(2)16-5-4-6-16/h7-10,16-17,19H,3-6,11-13H2,1-2H3. The van der Waals surface area contributed by atoms with Crippen LogP contribution in [0.4, 0.5) is 4.39 Å². The zero-order chi connectivity index (χ0) is 14.4. The van der Waals surface area contributed by atoms with Gasteiger partial charge in [-0.25, -0.2) is 4.39 Å². The summed E-state index contributed by atoms with van der Waals surface area (Å²) >= 11 is 0. The third-order valence-electron chi connectivity index (χ3n) is 4.38. The number of halogens is 1. The molecule has 2 rings (SSSR count). The second kappa shape index (κ2) is 7.75. The fourth-order valence-electron chi connectivity index (χ4n) is 2.74. The molecule has 0 spiro atoms. The van der Waals surface area contributed by atoms with Crippen molar-refractivity contribution in [2.75, 3.05) is 20.1 Å². The van der Waals surface area contributed by atoms with Gasteiger partial charge in [0.15, 0.2) is 0 Å². The maximum Gasteiger partial charge on any atom is 0.123 e. The Hall–Kier alpha value is -0.930. The Morgan fingerprint density at radius 3 is 2.55 bits per heavy atom. The first kappa shape index (κ1) is 15.5. The van der Waals surface area contributed by atoms with Crippen molar-refractivity contribution in [2.45, 2.75) is 51.1 Å². The topological polar surface area (TPSA) is 15.3 Å². The molecule has 1 unspecified atom stereocenters. The van der Waals surface area contributed by atoms with Crippen LogP contribution < -0.4 is 5.32 Å². The van der Waals surface area contributed by atoms with Gasteiger partial charge in [-0.15, -0.1) is 0 Å². The lowest BCUT2D eigenvalue weighted by molar-refractivity contribution is 0.153. The summed E-state index contributed by atoms with van der Waals surface area (Å²) in [6.45, 7) is 4.29. The van der Waals surface area contributed by atoms with Crippen molar-refractivity contribution < 1.29 is 4.39 Å². The van der Waals surface area contributed by atoms with Crippen LogP contribution in [-0.2, 0) is 0 Å². The third kappa shape index (κ3) is 4.29. The van der Waals surface area contributed by atoms with Gasteiger partial charge in [-0.1, -0.05) is 25.5 Å². The van der Waals surface area contributed by atoms with Crippen molar-refractivity contribution in [1.29, 1.82) is 0 Å². The highest BCUT2D eigenvalue weighted by molar-refractivity contribution is 5.20. The van der Waals surface area contributed by atoms with Gasteiger partial charge < -0.3 is 10.2 Å². The summed E-state index contributed by atoms with van der Waals surface area (Å²) < 4.78 is 13.0. The molecule has 0 aliphatic heterocycles. The first-order valence-electron chi connectivity index (χ1n) is 7.89. The average molecular weight is 278 g/mol. The zero-order valence-corrected chi connectivity index (χ0v) is 12.7. The summed E-state index contributed by atoms with van der Waals surface area (Å²) in [6, 6.07) is 8.06. The van der Waals surface area contributed by atoms with Crippen LogP contribution in [0.3, 0.4) is 0 Å². The van der Waals surface area contributed by atoms with Crippen LogP contribution in [0, 0.1) is 5.82 Å². The Morgan fingerprint density at radius 1 is 1.30 bits per heavy atom. The van der Waals surface area contributed by atoms with Crippen molar-refractivity contribution in [3.63, 3.8) is 0 Å². The van der Waals surface area contributed by atoms with Gasteiger partial charge in [-0.2, -0.15) is 0 Å². The maximum absolute atomic E-state index is 13.0. The van der Waals surface area contributed by atoms with Gasteiger partial charge >= 0.3 is 0 Å². The monoisotopic (exact) mass is 278 g/mol. The van der Waals surface area contributed by atoms with Crippen molar-refractivity contribution in [2.24, 2.45) is 0 Å². The summed E-state index contributed by atoms with van der Waals surface area (Å²) in [6.07, 6.45) is 6.28. The number of hydrogen-bond acceptors (Lipinski definition) is 2. The highest BCUT2D eigenvalue weighted by Crippen LogP contribution is 2.25. The molecular formula is C17H27FN2. The first-order chi connectivity index (χ1) is 9.70. The summed E-state index contributed by atoms with van der Waals surface area (Å²) in [5.74, 6) is -0.158. The summed E-state index contributed by atoms with van der Waals surface area (Å²) in [5.41, 5.74) is 1.20. The average Bonchev–Trinajstić information content (AvgIpc) is 2.38. The predicted octanol–water partition coefficient (Wildman–Crippen LogP) is 3.74. The normalized spacial score (nSPS) is 17.2. The predicted molar refractivity (Wildman–Crippen MR) is 82.3 cm³/mol. The van der Waals surface area contributed by atoms with Crippen molar-refractivity contribution in [3.05, 3.63) is 35.6 Å². The van der Waals surface area contributed by atoms with Gasteiger partial charge in [0.25, 0.3) is 0 Å². The molecule has 112 valence electrons. The Bertz CT molecular complexity index is 386. The lowest BCUT2D eigenvalue weighted by Crippen LogP contribution is -2.39. The molecule has 1 aliphatic carbocycles. The molecule has 1 aromatic carbocycles. The van der Waals surface area contributed by atoms with E-state index in [9.17, 15) is 4.39 Å².